The summed E-state index contributed by atoms with van der Waals surface area (Å²) >= 11 is 0. The van der Waals surface area contributed by atoms with Crippen LogP contribution in [0, 0.1) is 11.6 Å². The number of hydrogen-bond acceptors (Lipinski definition) is 5. The predicted octanol–water partition coefficient (Wildman–Crippen LogP) is 4.09. The summed E-state index contributed by atoms with van der Waals surface area (Å²) in [6.07, 6.45) is 1.24. The molecule has 154 valence electrons. The van der Waals surface area contributed by atoms with Gasteiger partial charge in [-0.2, -0.15) is 0 Å². The molecule has 2 aromatic carbocycles. The average molecular weight is 422 g/mol. The molecule has 0 saturated heterocycles. The number of carbonyl (C=O) groups excluding carboxylic acids is 1. The van der Waals surface area contributed by atoms with Crippen molar-refractivity contribution in [3.63, 3.8) is 0 Å². The summed E-state index contributed by atoms with van der Waals surface area (Å²) in [6.45, 7) is 0. The number of ether oxygens (including phenoxy) is 1. The molecule has 0 atom stereocenters. The van der Waals surface area contributed by atoms with Gasteiger partial charge in [-0.3, -0.25) is 9.78 Å². The van der Waals surface area contributed by atoms with E-state index in [1.807, 2.05) is 0 Å². The first kappa shape index (κ1) is 19.9. The topological polar surface area (TPSA) is 98.5 Å². The van der Waals surface area contributed by atoms with Crippen LogP contribution in [0.25, 0.3) is 22.2 Å². The van der Waals surface area contributed by atoms with E-state index in [1.165, 1.54) is 42.7 Å². The number of fused-ring (bicyclic) bond motifs is 1. The van der Waals surface area contributed by atoms with Gasteiger partial charge >= 0.3 is 12.1 Å². The van der Waals surface area contributed by atoms with Crippen molar-refractivity contribution in [3.8, 4) is 17.0 Å². The Morgan fingerprint density at radius 2 is 1.71 bits per heavy atom. The van der Waals surface area contributed by atoms with Crippen molar-refractivity contribution in [1.82, 2.24) is 9.55 Å². The molecule has 7 nitrogen and oxygen atoms in total. The van der Waals surface area contributed by atoms with E-state index in [9.17, 15) is 28.3 Å². The number of benzene rings is 2. The van der Waals surface area contributed by atoms with Crippen LogP contribution in [-0.4, -0.2) is 26.7 Å². The van der Waals surface area contributed by atoms with Crippen molar-refractivity contribution in [2.24, 2.45) is 0 Å². The van der Waals surface area contributed by atoms with Crippen LogP contribution in [0.1, 0.15) is 10.4 Å². The molecule has 0 aliphatic rings. The molecule has 0 saturated carbocycles. The molecule has 4 rings (SSSR count). The molecule has 0 radical (unpaired) electrons. The van der Waals surface area contributed by atoms with Crippen LogP contribution in [0.15, 0.2) is 71.8 Å². The maximum Gasteiger partial charge on any atom is 0.416 e. The third-order valence-corrected chi connectivity index (χ3v) is 4.51. The number of aromatic nitrogens is 2. The van der Waals surface area contributed by atoms with Crippen LogP contribution < -0.4 is 10.2 Å². The molecule has 0 unspecified atom stereocenters. The Hall–Kier alpha value is -4.40. The lowest BCUT2D eigenvalue weighted by Gasteiger charge is -2.14. The monoisotopic (exact) mass is 422 g/mol. The highest BCUT2D eigenvalue weighted by Gasteiger charge is 2.21. The second-order valence-electron chi connectivity index (χ2n) is 6.42. The molecule has 0 fully saturated rings. The lowest BCUT2D eigenvalue weighted by molar-refractivity contribution is 0.0734. The van der Waals surface area contributed by atoms with Gasteiger partial charge in [0.25, 0.3) is 0 Å². The molecule has 0 bridgehead atoms. The minimum atomic E-state index is -1.60. The number of hydrogen-bond donors (Lipinski definition) is 1. The number of nitrogens with zero attached hydrogens (tertiary/aromatic N) is 2. The van der Waals surface area contributed by atoms with E-state index in [2.05, 4.69) is 4.98 Å². The van der Waals surface area contributed by atoms with Crippen molar-refractivity contribution in [2.45, 2.75) is 0 Å². The van der Waals surface area contributed by atoms with E-state index < -0.39 is 40.0 Å². The number of halogens is 2. The number of carbonyl (C=O) groups is 2. The van der Waals surface area contributed by atoms with Gasteiger partial charge in [0.05, 0.1) is 16.6 Å². The van der Waals surface area contributed by atoms with Gasteiger partial charge in [0.2, 0.25) is 0 Å². The van der Waals surface area contributed by atoms with Gasteiger partial charge in [0.1, 0.15) is 22.9 Å². The lowest BCUT2D eigenvalue weighted by atomic mass is 10.1. The lowest BCUT2D eigenvalue weighted by Crippen LogP contribution is -2.19. The number of carboxylic acid groups (broad SMARTS) is 1. The van der Waals surface area contributed by atoms with Crippen LogP contribution in [0.4, 0.5) is 13.6 Å². The summed E-state index contributed by atoms with van der Waals surface area (Å²) in [5.74, 6) is -2.58. The Kier molecular flexibility index (Phi) is 5.00. The normalized spacial score (nSPS) is 10.8. The Morgan fingerprint density at radius 1 is 1.00 bits per heavy atom. The second kappa shape index (κ2) is 7.79. The third-order valence-electron chi connectivity index (χ3n) is 4.51. The second-order valence-corrected chi connectivity index (χ2v) is 6.42. The quantitative estimate of drug-likeness (QED) is 0.395. The van der Waals surface area contributed by atoms with Crippen molar-refractivity contribution >= 4 is 23.0 Å². The molecule has 2 heterocycles. The summed E-state index contributed by atoms with van der Waals surface area (Å²) in [5, 5.41) is 8.97. The highest BCUT2D eigenvalue weighted by molar-refractivity contribution is 5.93. The first-order valence-electron chi connectivity index (χ1n) is 8.86. The SMILES string of the molecule is O=C(Oc1ccc(-c2cc(=O)c3c(F)ccc(F)c3n2C(=O)O)cc1)c1cccnc1. The number of esters is 1. The summed E-state index contributed by atoms with van der Waals surface area (Å²) in [7, 11) is 0. The molecule has 9 heteroatoms. The van der Waals surface area contributed by atoms with E-state index >= 15 is 0 Å². The van der Waals surface area contributed by atoms with Crippen molar-refractivity contribution < 1.29 is 28.2 Å². The van der Waals surface area contributed by atoms with E-state index in [0.717, 1.165) is 18.2 Å². The minimum Gasteiger partial charge on any atom is -0.464 e. The highest BCUT2D eigenvalue weighted by atomic mass is 19.1. The van der Waals surface area contributed by atoms with Gasteiger partial charge in [0, 0.05) is 18.5 Å². The fraction of sp³-hybridized carbons (Fsp3) is 0. The van der Waals surface area contributed by atoms with Crippen LogP contribution in [0.5, 0.6) is 5.75 Å². The van der Waals surface area contributed by atoms with Gasteiger partial charge in [-0.15, -0.1) is 0 Å². The molecule has 0 aliphatic heterocycles. The van der Waals surface area contributed by atoms with Gasteiger partial charge in [-0.25, -0.2) is 22.9 Å². The molecular formula is C22H12F2N2O5. The highest BCUT2D eigenvalue weighted by Crippen LogP contribution is 2.27. The smallest absolute Gasteiger partial charge is 0.416 e. The first-order valence-corrected chi connectivity index (χ1v) is 8.86. The van der Waals surface area contributed by atoms with E-state index in [4.69, 9.17) is 4.74 Å². The minimum absolute atomic E-state index is 0.153. The molecular weight excluding hydrogens is 410 g/mol. The fourth-order valence-electron chi connectivity index (χ4n) is 3.13. The first-order chi connectivity index (χ1) is 14.9. The summed E-state index contributed by atoms with van der Waals surface area (Å²) in [5.41, 5.74) is -1.27. The van der Waals surface area contributed by atoms with E-state index in [-0.39, 0.29) is 22.6 Å². The third kappa shape index (κ3) is 3.64. The zero-order chi connectivity index (χ0) is 22.1. The molecule has 2 aromatic heterocycles. The largest absolute Gasteiger partial charge is 0.464 e. The van der Waals surface area contributed by atoms with E-state index in [1.54, 1.807) is 6.07 Å². The van der Waals surface area contributed by atoms with E-state index in [0.29, 0.717) is 4.57 Å². The molecule has 1 N–H and O–H groups in total. The Balaban J connectivity index is 1.78. The van der Waals surface area contributed by atoms with Gasteiger partial charge in [-0.1, -0.05) is 0 Å². The standard InChI is InChI=1S/C22H12F2N2O5/c23-15-7-8-16(24)20-19(15)18(27)10-17(26(20)22(29)30)12-3-5-14(6-4-12)31-21(28)13-2-1-9-25-11-13/h1-11H,(H,29,30). The zero-order valence-corrected chi connectivity index (χ0v) is 15.6. The summed E-state index contributed by atoms with van der Waals surface area (Å²) in [4.78, 5) is 40.2. The van der Waals surface area contributed by atoms with Crippen LogP contribution >= 0.6 is 0 Å². The summed E-state index contributed by atoms with van der Waals surface area (Å²) < 4.78 is 34.2. The maximum absolute atomic E-state index is 14.4. The predicted molar refractivity (Wildman–Crippen MR) is 106 cm³/mol. The molecule has 4 aromatic rings. The van der Waals surface area contributed by atoms with Gasteiger partial charge in [-0.05, 0) is 54.1 Å². The van der Waals surface area contributed by atoms with Crippen LogP contribution in [0.3, 0.4) is 0 Å². The maximum atomic E-state index is 14.4. The summed E-state index contributed by atoms with van der Waals surface area (Å²) in [6, 6.07) is 11.1. The zero-order valence-electron chi connectivity index (χ0n) is 15.6. The van der Waals surface area contributed by atoms with Crippen molar-refractivity contribution in [1.29, 1.82) is 0 Å². The Bertz CT molecular complexity index is 1380. The average Bonchev–Trinajstić information content (AvgIpc) is 2.76. The van der Waals surface area contributed by atoms with Crippen molar-refractivity contribution in [3.05, 3.63) is 94.4 Å². The number of rotatable bonds is 3. The number of pyridine rings is 2. The molecule has 31 heavy (non-hydrogen) atoms. The van der Waals surface area contributed by atoms with Gasteiger partial charge < -0.3 is 9.84 Å². The Morgan fingerprint density at radius 3 is 2.35 bits per heavy atom. The van der Waals surface area contributed by atoms with Crippen LogP contribution in [0.2, 0.25) is 0 Å². The Labute approximate surface area is 172 Å². The molecule has 0 aliphatic carbocycles. The molecule has 0 spiro atoms. The van der Waals surface area contributed by atoms with Crippen LogP contribution in [-0.2, 0) is 0 Å². The van der Waals surface area contributed by atoms with Gasteiger partial charge in [0.15, 0.2) is 5.43 Å². The fourth-order valence-corrected chi connectivity index (χ4v) is 3.13. The van der Waals surface area contributed by atoms with Crippen molar-refractivity contribution in [2.75, 3.05) is 0 Å². The molecule has 0 amide bonds.